The Labute approximate surface area is 135 Å². The maximum absolute atomic E-state index is 12.4. The van der Waals surface area contributed by atoms with Crippen LogP contribution in [-0.4, -0.2) is 33.0 Å². The number of hydrogen-bond donors (Lipinski definition) is 1. The third kappa shape index (κ3) is 3.41. The van der Waals surface area contributed by atoms with E-state index in [2.05, 4.69) is 10.4 Å². The largest absolute Gasteiger partial charge is 0.338 e. The molecule has 0 spiro atoms. The standard InChI is InChI=1S/C17H20N4O2/c1-12-8-15(20(2)19-12)18-17(23)14-9-16(22)21(11-14)10-13-6-4-3-5-7-13/h3-8,14H,9-11H2,1-2H3,(H,18,23). The van der Waals surface area contributed by atoms with Crippen LogP contribution >= 0.6 is 0 Å². The molecule has 6 nitrogen and oxygen atoms in total. The minimum absolute atomic E-state index is 0.0233. The van der Waals surface area contributed by atoms with Gasteiger partial charge in [0.05, 0.1) is 11.6 Å². The minimum atomic E-state index is -0.318. The van der Waals surface area contributed by atoms with E-state index in [4.69, 9.17) is 0 Å². The first-order chi connectivity index (χ1) is 11.0. The number of nitrogens with one attached hydrogen (secondary N) is 1. The van der Waals surface area contributed by atoms with E-state index < -0.39 is 0 Å². The predicted molar refractivity (Wildman–Crippen MR) is 86.5 cm³/mol. The van der Waals surface area contributed by atoms with Crippen LogP contribution in [0.2, 0.25) is 0 Å². The second-order valence-electron chi connectivity index (χ2n) is 5.94. The van der Waals surface area contributed by atoms with Gasteiger partial charge in [-0.3, -0.25) is 14.3 Å². The van der Waals surface area contributed by atoms with Gasteiger partial charge in [0.25, 0.3) is 0 Å². The van der Waals surface area contributed by atoms with Crippen molar-refractivity contribution in [3.63, 3.8) is 0 Å². The number of carbonyl (C=O) groups excluding carboxylic acids is 2. The first-order valence-electron chi connectivity index (χ1n) is 7.66. The van der Waals surface area contributed by atoms with Crippen molar-refractivity contribution in [3.05, 3.63) is 47.7 Å². The third-order valence-corrected chi connectivity index (χ3v) is 4.05. The molecule has 2 heterocycles. The van der Waals surface area contributed by atoms with Crippen molar-refractivity contribution in [3.8, 4) is 0 Å². The molecule has 1 saturated heterocycles. The highest BCUT2D eigenvalue weighted by atomic mass is 16.2. The highest BCUT2D eigenvalue weighted by molar-refractivity contribution is 5.96. The summed E-state index contributed by atoms with van der Waals surface area (Å²) in [4.78, 5) is 26.3. The number of nitrogens with zero attached hydrogens (tertiary/aromatic N) is 3. The second kappa shape index (κ2) is 6.24. The Hall–Kier alpha value is -2.63. The molecule has 6 heteroatoms. The molecule has 0 saturated carbocycles. The van der Waals surface area contributed by atoms with Crippen LogP contribution in [0.3, 0.4) is 0 Å². The minimum Gasteiger partial charge on any atom is -0.338 e. The smallest absolute Gasteiger partial charge is 0.230 e. The monoisotopic (exact) mass is 312 g/mol. The molecule has 1 unspecified atom stereocenters. The number of amides is 2. The van der Waals surface area contributed by atoms with Crippen LogP contribution < -0.4 is 5.32 Å². The topological polar surface area (TPSA) is 67.2 Å². The Morgan fingerprint density at radius 3 is 2.74 bits per heavy atom. The van der Waals surface area contributed by atoms with Crippen molar-refractivity contribution < 1.29 is 9.59 Å². The van der Waals surface area contributed by atoms with Crippen LogP contribution in [-0.2, 0) is 23.2 Å². The molecular weight excluding hydrogens is 292 g/mol. The normalized spacial score (nSPS) is 17.6. The van der Waals surface area contributed by atoms with Gasteiger partial charge in [-0.15, -0.1) is 0 Å². The van der Waals surface area contributed by atoms with Crippen molar-refractivity contribution in [1.82, 2.24) is 14.7 Å². The third-order valence-electron chi connectivity index (χ3n) is 4.05. The van der Waals surface area contributed by atoms with Crippen LogP contribution in [0.1, 0.15) is 17.7 Å². The zero-order valence-electron chi connectivity index (χ0n) is 13.3. The Morgan fingerprint density at radius 1 is 1.35 bits per heavy atom. The van der Waals surface area contributed by atoms with E-state index in [9.17, 15) is 9.59 Å². The van der Waals surface area contributed by atoms with Crippen LogP contribution in [0, 0.1) is 12.8 Å². The fraction of sp³-hybridized carbons (Fsp3) is 0.353. The molecule has 0 aliphatic carbocycles. The number of benzene rings is 1. The maximum atomic E-state index is 12.4. The number of carbonyl (C=O) groups is 2. The lowest BCUT2D eigenvalue weighted by molar-refractivity contribution is -0.128. The lowest BCUT2D eigenvalue weighted by Crippen LogP contribution is -2.28. The lowest BCUT2D eigenvalue weighted by atomic mass is 10.1. The van der Waals surface area contributed by atoms with Crippen LogP contribution in [0.4, 0.5) is 5.82 Å². The highest BCUT2D eigenvalue weighted by Gasteiger charge is 2.34. The molecule has 23 heavy (non-hydrogen) atoms. The fourth-order valence-electron chi connectivity index (χ4n) is 2.86. The summed E-state index contributed by atoms with van der Waals surface area (Å²) in [6.07, 6.45) is 0.259. The fourth-order valence-corrected chi connectivity index (χ4v) is 2.86. The molecule has 1 aromatic heterocycles. The molecule has 0 bridgehead atoms. The van der Waals surface area contributed by atoms with Crippen LogP contribution in [0.5, 0.6) is 0 Å². The molecule has 1 aliphatic heterocycles. The number of anilines is 1. The maximum Gasteiger partial charge on any atom is 0.230 e. The molecule has 1 atom stereocenters. The molecule has 1 fully saturated rings. The van der Waals surface area contributed by atoms with Gasteiger partial charge >= 0.3 is 0 Å². The number of hydrogen-bond acceptors (Lipinski definition) is 3. The average molecular weight is 312 g/mol. The Morgan fingerprint density at radius 2 is 2.09 bits per heavy atom. The number of aryl methyl sites for hydroxylation is 2. The number of likely N-dealkylation sites (tertiary alicyclic amines) is 1. The molecule has 3 rings (SSSR count). The summed E-state index contributed by atoms with van der Waals surface area (Å²) in [5.74, 6) is 0.231. The van der Waals surface area contributed by atoms with E-state index in [1.54, 1.807) is 16.6 Å². The van der Waals surface area contributed by atoms with Crippen molar-refractivity contribution in [2.45, 2.75) is 19.9 Å². The predicted octanol–water partition coefficient (Wildman–Crippen LogP) is 1.72. The van der Waals surface area contributed by atoms with Gasteiger partial charge in [0.1, 0.15) is 5.82 Å². The molecular formula is C17H20N4O2. The van der Waals surface area contributed by atoms with Crippen molar-refractivity contribution >= 4 is 17.6 Å². The molecule has 1 N–H and O–H groups in total. The van der Waals surface area contributed by atoms with Crippen LogP contribution in [0.15, 0.2) is 36.4 Å². The Bertz CT molecular complexity index is 723. The van der Waals surface area contributed by atoms with Crippen molar-refractivity contribution in [2.75, 3.05) is 11.9 Å². The summed E-state index contributed by atoms with van der Waals surface area (Å²) in [5.41, 5.74) is 1.92. The van der Waals surface area contributed by atoms with Gasteiger partial charge in [0, 0.05) is 32.6 Å². The van der Waals surface area contributed by atoms with Gasteiger partial charge in [0.15, 0.2) is 0 Å². The first kappa shape index (κ1) is 15.3. The summed E-state index contributed by atoms with van der Waals surface area (Å²) < 4.78 is 1.63. The van der Waals surface area contributed by atoms with Gasteiger partial charge in [-0.25, -0.2) is 0 Å². The summed E-state index contributed by atoms with van der Waals surface area (Å²) in [7, 11) is 1.78. The molecule has 2 aromatic rings. The Balaban J connectivity index is 1.62. The SMILES string of the molecule is Cc1cc(NC(=O)C2CC(=O)N(Cc3ccccc3)C2)n(C)n1. The molecule has 0 radical (unpaired) electrons. The number of aromatic nitrogens is 2. The Kier molecular flexibility index (Phi) is 4.14. The van der Waals surface area contributed by atoms with E-state index in [1.807, 2.05) is 43.3 Å². The highest BCUT2D eigenvalue weighted by Crippen LogP contribution is 2.22. The summed E-state index contributed by atoms with van der Waals surface area (Å²) in [6, 6.07) is 11.6. The van der Waals surface area contributed by atoms with Crippen LogP contribution in [0.25, 0.3) is 0 Å². The van der Waals surface area contributed by atoms with Gasteiger partial charge in [-0.05, 0) is 12.5 Å². The summed E-state index contributed by atoms with van der Waals surface area (Å²) in [5, 5.41) is 7.06. The van der Waals surface area contributed by atoms with E-state index in [1.165, 1.54) is 0 Å². The van der Waals surface area contributed by atoms with Gasteiger partial charge < -0.3 is 10.2 Å². The van der Waals surface area contributed by atoms with E-state index in [0.29, 0.717) is 18.9 Å². The van der Waals surface area contributed by atoms with Gasteiger partial charge in [-0.2, -0.15) is 5.10 Å². The molecule has 120 valence electrons. The first-order valence-corrected chi connectivity index (χ1v) is 7.66. The molecule has 2 amide bonds. The summed E-state index contributed by atoms with van der Waals surface area (Å²) >= 11 is 0. The summed E-state index contributed by atoms with van der Waals surface area (Å²) in [6.45, 7) is 2.88. The molecule has 1 aliphatic rings. The average Bonchev–Trinajstić information content (AvgIpc) is 3.03. The second-order valence-corrected chi connectivity index (χ2v) is 5.94. The van der Waals surface area contributed by atoms with Crippen molar-refractivity contribution in [1.29, 1.82) is 0 Å². The number of rotatable bonds is 4. The van der Waals surface area contributed by atoms with Gasteiger partial charge in [0.2, 0.25) is 11.8 Å². The van der Waals surface area contributed by atoms with Crippen molar-refractivity contribution in [2.24, 2.45) is 13.0 Å². The zero-order valence-corrected chi connectivity index (χ0v) is 13.3. The van der Waals surface area contributed by atoms with E-state index in [0.717, 1.165) is 11.3 Å². The molecule has 1 aromatic carbocycles. The lowest BCUT2D eigenvalue weighted by Gasteiger charge is -2.16. The van der Waals surface area contributed by atoms with E-state index in [-0.39, 0.29) is 24.2 Å². The van der Waals surface area contributed by atoms with E-state index >= 15 is 0 Å². The quantitative estimate of drug-likeness (QED) is 0.934. The van der Waals surface area contributed by atoms with Gasteiger partial charge in [-0.1, -0.05) is 30.3 Å². The zero-order chi connectivity index (χ0) is 16.4.